The maximum Gasteiger partial charge on any atom is -0.0323 e. The lowest BCUT2D eigenvalue weighted by atomic mass is 9.62. The van der Waals surface area contributed by atoms with Gasteiger partial charge in [0.2, 0.25) is 0 Å². The summed E-state index contributed by atoms with van der Waals surface area (Å²) >= 11 is 0. The highest BCUT2D eigenvalue weighted by Gasteiger charge is 2.38. The van der Waals surface area contributed by atoms with E-state index in [4.69, 9.17) is 0 Å². The molecule has 0 radical (unpaired) electrons. The van der Waals surface area contributed by atoms with Gasteiger partial charge in [-0.3, -0.25) is 0 Å². The summed E-state index contributed by atoms with van der Waals surface area (Å²) < 4.78 is 0. The maximum absolute atomic E-state index is 2.51. The molecule has 2 aliphatic carbocycles. The molecule has 0 aromatic heterocycles. The van der Waals surface area contributed by atoms with Crippen LogP contribution in [0.25, 0.3) is 0 Å². The fraction of sp³-hybridized carbons (Fsp3) is 1.00. The van der Waals surface area contributed by atoms with Crippen molar-refractivity contribution >= 4 is 0 Å². The zero-order chi connectivity index (χ0) is 13.3. The Morgan fingerprint density at radius 2 is 1.24 bits per heavy atom. The molecule has 2 atom stereocenters. The molecule has 0 aromatic carbocycles. The van der Waals surface area contributed by atoms with Gasteiger partial charge >= 0.3 is 0 Å². The molecule has 0 saturated heterocycles. The van der Waals surface area contributed by atoms with Crippen molar-refractivity contribution in [2.24, 2.45) is 17.3 Å². The minimum atomic E-state index is 0.660. The van der Waals surface area contributed by atoms with E-state index >= 15 is 0 Å². The molecule has 2 saturated carbocycles. The van der Waals surface area contributed by atoms with Gasteiger partial charge in [0.05, 0.1) is 0 Å². The normalized spacial score (nSPS) is 30.7. The average Bonchev–Trinajstić information content (AvgIpc) is 2.60. The highest BCUT2D eigenvalue weighted by molar-refractivity contribution is 4.89. The first-order valence-corrected chi connectivity index (χ1v) is 8.20. The highest BCUT2D eigenvalue weighted by atomic mass is 14.4. The molecule has 0 amide bonds. The summed E-state index contributed by atoms with van der Waals surface area (Å²) in [4.78, 5) is 0. The SMILES string of the molecule is CC.CC.CC1(C)CCCC2CCCCCC21. The molecule has 0 N–H and O–H groups in total. The third-order valence-electron chi connectivity index (χ3n) is 4.56. The van der Waals surface area contributed by atoms with Crippen LogP contribution in [0.4, 0.5) is 0 Å². The fourth-order valence-electron chi connectivity index (χ4n) is 3.76. The van der Waals surface area contributed by atoms with Crippen molar-refractivity contribution in [3.63, 3.8) is 0 Å². The van der Waals surface area contributed by atoms with Crippen molar-refractivity contribution < 1.29 is 0 Å². The van der Waals surface area contributed by atoms with Crippen LogP contribution in [0.1, 0.15) is 92.9 Å². The number of hydrogen-bond donors (Lipinski definition) is 0. The van der Waals surface area contributed by atoms with Gasteiger partial charge in [0.15, 0.2) is 0 Å². The van der Waals surface area contributed by atoms with E-state index in [-0.39, 0.29) is 0 Å². The van der Waals surface area contributed by atoms with Crippen LogP contribution < -0.4 is 0 Å². The lowest BCUT2D eigenvalue weighted by Gasteiger charge is -2.43. The van der Waals surface area contributed by atoms with Gasteiger partial charge in [-0.2, -0.15) is 0 Å². The van der Waals surface area contributed by atoms with Gasteiger partial charge < -0.3 is 0 Å². The van der Waals surface area contributed by atoms with Crippen LogP contribution in [0.15, 0.2) is 0 Å². The molecule has 2 aliphatic rings. The molecular weight excluding hydrogens is 204 g/mol. The Morgan fingerprint density at radius 3 is 1.88 bits per heavy atom. The third-order valence-corrected chi connectivity index (χ3v) is 4.56. The molecule has 2 fully saturated rings. The molecule has 2 rings (SSSR count). The fourth-order valence-corrected chi connectivity index (χ4v) is 3.76. The zero-order valence-electron chi connectivity index (χ0n) is 13.3. The predicted molar refractivity (Wildman–Crippen MR) is 80.4 cm³/mol. The molecule has 0 aliphatic heterocycles. The lowest BCUT2D eigenvalue weighted by Crippen LogP contribution is -2.34. The van der Waals surface area contributed by atoms with Gasteiger partial charge in [-0.25, -0.2) is 0 Å². The number of rotatable bonds is 0. The molecule has 0 heterocycles. The maximum atomic E-state index is 2.51. The van der Waals surface area contributed by atoms with E-state index in [0.29, 0.717) is 5.41 Å². The molecule has 17 heavy (non-hydrogen) atoms. The van der Waals surface area contributed by atoms with Gasteiger partial charge in [0.25, 0.3) is 0 Å². The van der Waals surface area contributed by atoms with Crippen LogP contribution in [0.2, 0.25) is 0 Å². The Balaban J connectivity index is 0.000000581. The summed E-state index contributed by atoms with van der Waals surface area (Å²) in [6.07, 6.45) is 12.1. The van der Waals surface area contributed by atoms with Crippen LogP contribution in [-0.4, -0.2) is 0 Å². The van der Waals surface area contributed by atoms with Gasteiger partial charge in [0.1, 0.15) is 0 Å². The second-order valence-corrected chi connectivity index (χ2v) is 5.89. The van der Waals surface area contributed by atoms with Crippen molar-refractivity contribution in [2.75, 3.05) is 0 Å². The molecule has 0 bridgehead atoms. The van der Waals surface area contributed by atoms with E-state index in [9.17, 15) is 0 Å². The Hall–Kier alpha value is 0. The van der Waals surface area contributed by atoms with Crippen LogP contribution in [0, 0.1) is 17.3 Å². The second kappa shape index (κ2) is 9.00. The molecule has 0 aromatic rings. The summed E-state index contributed by atoms with van der Waals surface area (Å²) in [7, 11) is 0. The van der Waals surface area contributed by atoms with Crippen molar-refractivity contribution in [3.05, 3.63) is 0 Å². The minimum absolute atomic E-state index is 0.660. The Labute approximate surface area is 111 Å². The first-order valence-electron chi connectivity index (χ1n) is 8.20. The first kappa shape index (κ1) is 17.0. The average molecular weight is 240 g/mol. The van der Waals surface area contributed by atoms with Crippen molar-refractivity contribution in [1.82, 2.24) is 0 Å². The largest absolute Gasteiger partial charge is 0.0683 e. The molecule has 0 nitrogen and oxygen atoms in total. The van der Waals surface area contributed by atoms with Gasteiger partial charge in [-0.05, 0) is 30.1 Å². The minimum Gasteiger partial charge on any atom is -0.0683 e. The van der Waals surface area contributed by atoms with Crippen LogP contribution in [0.5, 0.6) is 0 Å². The molecule has 104 valence electrons. The quantitative estimate of drug-likeness (QED) is 0.456. The van der Waals surface area contributed by atoms with Gasteiger partial charge in [-0.15, -0.1) is 0 Å². The topological polar surface area (TPSA) is 0 Å². The molecule has 0 heteroatoms. The monoisotopic (exact) mass is 240 g/mol. The molecule has 2 unspecified atom stereocenters. The Kier molecular flexibility index (Phi) is 9.00. The highest BCUT2D eigenvalue weighted by Crippen LogP contribution is 2.49. The van der Waals surface area contributed by atoms with E-state index in [1.807, 2.05) is 27.7 Å². The Bertz CT molecular complexity index is 169. The molecule has 0 spiro atoms. The van der Waals surface area contributed by atoms with E-state index in [2.05, 4.69) is 13.8 Å². The van der Waals surface area contributed by atoms with Gasteiger partial charge in [0, 0.05) is 0 Å². The standard InChI is InChI=1S/C13H24.2C2H6/c1-13(2)10-6-8-11-7-4-3-5-9-12(11)13;2*1-2/h11-12H,3-10H2,1-2H3;2*1-2H3. The van der Waals surface area contributed by atoms with Crippen molar-refractivity contribution in [3.8, 4) is 0 Å². The first-order chi connectivity index (χ1) is 8.20. The second-order valence-electron chi connectivity index (χ2n) is 5.89. The summed E-state index contributed by atoms with van der Waals surface area (Å²) in [5.74, 6) is 2.15. The van der Waals surface area contributed by atoms with Crippen molar-refractivity contribution in [2.45, 2.75) is 92.9 Å². The van der Waals surface area contributed by atoms with E-state index in [1.54, 1.807) is 0 Å². The van der Waals surface area contributed by atoms with Crippen molar-refractivity contribution in [1.29, 1.82) is 0 Å². The molecular formula is C17H36. The Morgan fingerprint density at radius 1 is 0.706 bits per heavy atom. The number of hydrogen-bond acceptors (Lipinski definition) is 0. The summed E-state index contributed by atoms with van der Waals surface area (Å²) in [6, 6.07) is 0. The van der Waals surface area contributed by atoms with E-state index in [0.717, 1.165) is 11.8 Å². The van der Waals surface area contributed by atoms with E-state index < -0.39 is 0 Å². The number of fused-ring (bicyclic) bond motifs is 1. The summed E-state index contributed by atoms with van der Waals surface area (Å²) in [6.45, 7) is 13.0. The lowest BCUT2D eigenvalue weighted by molar-refractivity contribution is 0.0685. The van der Waals surface area contributed by atoms with Gasteiger partial charge in [-0.1, -0.05) is 80.1 Å². The van der Waals surface area contributed by atoms with Crippen LogP contribution in [-0.2, 0) is 0 Å². The van der Waals surface area contributed by atoms with E-state index in [1.165, 1.54) is 51.4 Å². The summed E-state index contributed by atoms with van der Waals surface area (Å²) in [5, 5.41) is 0. The third kappa shape index (κ3) is 5.02. The van der Waals surface area contributed by atoms with Crippen LogP contribution >= 0.6 is 0 Å². The predicted octanol–water partition coefficient (Wildman–Crippen LogP) is 6.45. The van der Waals surface area contributed by atoms with Crippen LogP contribution in [0.3, 0.4) is 0 Å². The summed E-state index contributed by atoms with van der Waals surface area (Å²) in [5.41, 5.74) is 0.660. The smallest absolute Gasteiger partial charge is 0.0323 e. The zero-order valence-corrected chi connectivity index (χ0v) is 13.3.